The predicted molar refractivity (Wildman–Crippen MR) is 77.4 cm³/mol. The molecular formula is C14H21N3OS. The maximum atomic E-state index is 12.5. The zero-order valence-electron chi connectivity index (χ0n) is 11.6. The summed E-state index contributed by atoms with van der Waals surface area (Å²) in [4.78, 5) is 22.8. The van der Waals surface area contributed by atoms with E-state index in [9.17, 15) is 4.79 Å². The van der Waals surface area contributed by atoms with E-state index in [-0.39, 0.29) is 5.91 Å². The summed E-state index contributed by atoms with van der Waals surface area (Å²) in [7, 11) is 0. The van der Waals surface area contributed by atoms with Crippen molar-refractivity contribution in [3.05, 3.63) is 18.0 Å². The molecule has 104 valence electrons. The van der Waals surface area contributed by atoms with Gasteiger partial charge in [0.2, 0.25) is 0 Å². The Hall–Kier alpha value is -1.10. The van der Waals surface area contributed by atoms with Gasteiger partial charge in [-0.15, -0.1) is 0 Å². The first-order valence-corrected chi connectivity index (χ1v) is 8.15. The van der Waals surface area contributed by atoms with Crippen LogP contribution in [-0.4, -0.2) is 39.6 Å². The maximum absolute atomic E-state index is 12.5. The molecule has 0 unspecified atom stereocenters. The highest BCUT2D eigenvalue weighted by Gasteiger charge is 2.29. The third-order valence-corrected chi connectivity index (χ3v) is 4.16. The van der Waals surface area contributed by atoms with Crippen LogP contribution >= 0.6 is 11.8 Å². The Labute approximate surface area is 119 Å². The summed E-state index contributed by atoms with van der Waals surface area (Å²) in [6.07, 6.45) is 11.0. The van der Waals surface area contributed by atoms with Crippen molar-refractivity contribution in [3.8, 4) is 0 Å². The van der Waals surface area contributed by atoms with Gasteiger partial charge in [0, 0.05) is 25.0 Å². The normalized spacial score (nSPS) is 18.8. The molecule has 2 rings (SSSR count). The summed E-state index contributed by atoms with van der Waals surface area (Å²) < 4.78 is 0. The van der Waals surface area contributed by atoms with Crippen molar-refractivity contribution in [1.82, 2.24) is 14.9 Å². The molecule has 1 amide bonds. The first kappa shape index (κ1) is 14.3. The quantitative estimate of drug-likeness (QED) is 0.614. The van der Waals surface area contributed by atoms with Gasteiger partial charge in [-0.1, -0.05) is 31.5 Å². The number of likely N-dealkylation sites (tertiary alicyclic amines) is 1. The van der Waals surface area contributed by atoms with E-state index < -0.39 is 0 Å². The summed E-state index contributed by atoms with van der Waals surface area (Å²) >= 11 is 1.49. The fraction of sp³-hybridized carbons (Fsp3) is 0.643. The molecule has 2 heterocycles. The van der Waals surface area contributed by atoms with Crippen LogP contribution in [0.15, 0.2) is 17.6 Å². The van der Waals surface area contributed by atoms with Crippen LogP contribution in [0.1, 0.15) is 49.4 Å². The van der Waals surface area contributed by atoms with Crippen LogP contribution in [0.3, 0.4) is 0 Å². The number of thioether (sulfide) groups is 1. The van der Waals surface area contributed by atoms with E-state index in [4.69, 9.17) is 0 Å². The Kier molecular flexibility index (Phi) is 5.19. The fourth-order valence-electron chi connectivity index (χ4n) is 2.54. The summed E-state index contributed by atoms with van der Waals surface area (Å²) in [6, 6.07) is 0.410. The number of hydrogen-bond donors (Lipinski definition) is 0. The Bertz CT molecular complexity index is 421. The molecule has 0 saturated carbocycles. The molecule has 0 bridgehead atoms. The Balaban J connectivity index is 2.04. The molecule has 0 aliphatic carbocycles. The van der Waals surface area contributed by atoms with Crippen LogP contribution in [-0.2, 0) is 0 Å². The molecule has 1 aromatic rings. The molecule has 0 radical (unpaired) electrons. The lowest BCUT2D eigenvalue weighted by molar-refractivity contribution is 0.0728. The summed E-state index contributed by atoms with van der Waals surface area (Å²) in [5.41, 5.74) is 0.612. The average molecular weight is 279 g/mol. The standard InChI is InChI=1S/C14H21N3OS/c1-3-4-6-12-7-5-8-17(12)13(18)11-9-15-14(19-2)16-10-11/h9-10,12H,3-8H2,1-2H3/t12-/m1/s1. The van der Waals surface area contributed by atoms with E-state index in [2.05, 4.69) is 16.9 Å². The minimum Gasteiger partial charge on any atom is -0.336 e. The molecule has 0 aromatic carbocycles. The first-order valence-electron chi connectivity index (χ1n) is 6.93. The zero-order chi connectivity index (χ0) is 13.7. The minimum atomic E-state index is 0.0891. The maximum Gasteiger partial charge on any atom is 0.257 e. The van der Waals surface area contributed by atoms with Gasteiger partial charge in [0.1, 0.15) is 0 Å². The van der Waals surface area contributed by atoms with Gasteiger partial charge < -0.3 is 4.90 Å². The molecule has 1 aliphatic heterocycles. The van der Waals surface area contributed by atoms with Crippen molar-refractivity contribution < 1.29 is 4.79 Å². The van der Waals surface area contributed by atoms with Crippen LogP contribution < -0.4 is 0 Å². The lowest BCUT2D eigenvalue weighted by atomic mass is 10.1. The van der Waals surface area contributed by atoms with Gasteiger partial charge in [-0.3, -0.25) is 4.79 Å². The van der Waals surface area contributed by atoms with Crippen LogP contribution in [0.4, 0.5) is 0 Å². The molecule has 1 fully saturated rings. The van der Waals surface area contributed by atoms with E-state index in [0.29, 0.717) is 16.8 Å². The third kappa shape index (κ3) is 3.47. The topological polar surface area (TPSA) is 46.1 Å². The van der Waals surface area contributed by atoms with E-state index in [1.54, 1.807) is 12.4 Å². The van der Waals surface area contributed by atoms with Crippen LogP contribution in [0.25, 0.3) is 0 Å². The first-order chi connectivity index (χ1) is 9.26. The highest BCUT2D eigenvalue weighted by Crippen LogP contribution is 2.24. The highest BCUT2D eigenvalue weighted by molar-refractivity contribution is 7.98. The second-order valence-electron chi connectivity index (χ2n) is 4.90. The summed E-state index contributed by atoms with van der Waals surface area (Å²) in [5.74, 6) is 0.0891. The van der Waals surface area contributed by atoms with E-state index in [1.807, 2.05) is 11.2 Å². The molecule has 0 N–H and O–H groups in total. The number of amides is 1. The van der Waals surface area contributed by atoms with Gasteiger partial charge >= 0.3 is 0 Å². The van der Waals surface area contributed by atoms with Crippen LogP contribution in [0.5, 0.6) is 0 Å². The Morgan fingerprint density at radius 3 is 2.84 bits per heavy atom. The number of hydrogen-bond acceptors (Lipinski definition) is 4. The largest absolute Gasteiger partial charge is 0.336 e. The number of carbonyl (C=O) groups is 1. The van der Waals surface area contributed by atoms with Crippen LogP contribution in [0, 0.1) is 0 Å². The predicted octanol–water partition coefficient (Wildman–Crippen LogP) is 2.99. The molecule has 4 nitrogen and oxygen atoms in total. The van der Waals surface area contributed by atoms with Crippen molar-refractivity contribution in [2.75, 3.05) is 12.8 Å². The average Bonchev–Trinajstić information content (AvgIpc) is 2.92. The Morgan fingerprint density at radius 1 is 1.47 bits per heavy atom. The molecule has 1 atom stereocenters. The number of unbranched alkanes of at least 4 members (excludes halogenated alkanes) is 1. The molecule has 1 aliphatic rings. The lowest BCUT2D eigenvalue weighted by Gasteiger charge is -2.24. The monoisotopic (exact) mass is 279 g/mol. The zero-order valence-corrected chi connectivity index (χ0v) is 12.4. The van der Waals surface area contributed by atoms with Gasteiger partial charge in [0.05, 0.1) is 5.56 Å². The van der Waals surface area contributed by atoms with Crippen LogP contribution in [0.2, 0.25) is 0 Å². The van der Waals surface area contributed by atoms with E-state index >= 15 is 0 Å². The van der Waals surface area contributed by atoms with E-state index in [1.165, 1.54) is 24.6 Å². The van der Waals surface area contributed by atoms with Crippen molar-refractivity contribution in [2.45, 2.75) is 50.2 Å². The number of rotatable bonds is 5. The highest BCUT2D eigenvalue weighted by atomic mass is 32.2. The van der Waals surface area contributed by atoms with Crippen molar-refractivity contribution in [1.29, 1.82) is 0 Å². The number of aromatic nitrogens is 2. The minimum absolute atomic E-state index is 0.0891. The summed E-state index contributed by atoms with van der Waals surface area (Å²) in [5, 5.41) is 0.709. The van der Waals surface area contributed by atoms with Gasteiger partial charge in [-0.05, 0) is 25.5 Å². The molecular weight excluding hydrogens is 258 g/mol. The van der Waals surface area contributed by atoms with Gasteiger partial charge in [0.15, 0.2) is 5.16 Å². The second-order valence-corrected chi connectivity index (χ2v) is 5.67. The SMILES string of the molecule is CCCC[C@@H]1CCCN1C(=O)c1cnc(SC)nc1. The lowest BCUT2D eigenvalue weighted by Crippen LogP contribution is -2.35. The van der Waals surface area contributed by atoms with Gasteiger partial charge in [-0.25, -0.2) is 9.97 Å². The summed E-state index contributed by atoms with van der Waals surface area (Å²) in [6.45, 7) is 3.06. The fourth-order valence-corrected chi connectivity index (χ4v) is 2.86. The molecule has 1 saturated heterocycles. The van der Waals surface area contributed by atoms with Crippen molar-refractivity contribution >= 4 is 17.7 Å². The van der Waals surface area contributed by atoms with Crippen molar-refractivity contribution in [3.63, 3.8) is 0 Å². The van der Waals surface area contributed by atoms with Gasteiger partial charge in [0.25, 0.3) is 5.91 Å². The number of nitrogens with zero attached hydrogens (tertiary/aromatic N) is 3. The van der Waals surface area contributed by atoms with E-state index in [0.717, 1.165) is 25.8 Å². The Morgan fingerprint density at radius 2 is 2.21 bits per heavy atom. The smallest absolute Gasteiger partial charge is 0.257 e. The molecule has 19 heavy (non-hydrogen) atoms. The second kappa shape index (κ2) is 6.89. The molecule has 5 heteroatoms. The molecule has 1 aromatic heterocycles. The third-order valence-electron chi connectivity index (χ3n) is 3.59. The molecule has 0 spiro atoms. The van der Waals surface area contributed by atoms with Gasteiger partial charge in [-0.2, -0.15) is 0 Å². The number of carbonyl (C=O) groups excluding carboxylic acids is 1. The van der Waals surface area contributed by atoms with Crippen molar-refractivity contribution in [2.24, 2.45) is 0 Å².